The molecule has 3 aromatic rings. The van der Waals surface area contributed by atoms with Crippen LogP contribution in [0.15, 0.2) is 59.4 Å². The molecule has 4 rings (SSSR count). The summed E-state index contributed by atoms with van der Waals surface area (Å²) in [4.78, 5) is 44.2. The summed E-state index contributed by atoms with van der Waals surface area (Å²) in [6, 6.07) is 12.6. The van der Waals surface area contributed by atoms with E-state index in [4.69, 9.17) is 0 Å². The minimum Gasteiger partial charge on any atom is -0.354 e. The van der Waals surface area contributed by atoms with Crippen LogP contribution in [0.5, 0.6) is 0 Å². The number of carbonyl (C=O) groups excluding carboxylic acids is 3. The fourth-order valence-corrected chi connectivity index (χ4v) is 5.84. The molecule has 11 nitrogen and oxygen atoms in total. The molecule has 45 heavy (non-hydrogen) atoms. The highest BCUT2D eigenvalue weighted by Crippen LogP contribution is 2.27. The number of benzene rings is 2. The molecular weight excluding hydrogens is 613 g/mol. The monoisotopic (exact) mass is 654 g/mol. The van der Waals surface area contributed by atoms with Crippen molar-refractivity contribution in [2.75, 3.05) is 30.7 Å². The number of aromatic nitrogens is 1. The second-order valence-electron chi connectivity index (χ2n) is 11.5. The molecule has 0 bridgehead atoms. The van der Waals surface area contributed by atoms with E-state index >= 15 is 0 Å². The van der Waals surface area contributed by atoms with E-state index < -0.39 is 33.9 Å². The predicted octanol–water partition coefficient (Wildman–Crippen LogP) is 3.27. The summed E-state index contributed by atoms with van der Waals surface area (Å²) >= 11 is 1.45. The van der Waals surface area contributed by atoms with Crippen LogP contribution in [-0.2, 0) is 21.2 Å². The average Bonchev–Trinajstić information content (AvgIpc) is 3.72. The summed E-state index contributed by atoms with van der Waals surface area (Å²) in [6.45, 7) is 4.74. The number of nitrogens with one attached hydrogen (secondary N) is 4. The molecule has 4 N–H and O–H groups in total. The number of sulfonamides is 1. The van der Waals surface area contributed by atoms with E-state index in [1.165, 1.54) is 36.6 Å². The van der Waals surface area contributed by atoms with Gasteiger partial charge in [-0.25, -0.2) is 13.4 Å². The van der Waals surface area contributed by atoms with Crippen molar-refractivity contribution in [3.8, 4) is 0 Å². The van der Waals surface area contributed by atoms with Gasteiger partial charge in [0.05, 0.1) is 35.2 Å². The van der Waals surface area contributed by atoms with Crippen LogP contribution in [0.2, 0.25) is 0 Å². The summed E-state index contributed by atoms with van der Waals surface area (Å²) in [5.74, 6) is -0.445. The lowest BCUT2D eigenvalue weighted by molar-refractivity contribution is -0.123. The minimum absolute atomic E-state index is 0.0694. The summed E-state index contributed by atoms with van der Waals surface area (Å²) < 4.78 is 25.8. The fourth-order valence-electron chi connectivity index (χ4n) is 4.78. The quantitative estimate of drug-likeness (QED) is 0.185. The zero-order valence-electron chi connectivity index (χ0n) is 26.1. The van der Waals surface area contributed by atoms with Gasteiger partial charge in [-0.15, -0.1) is 11.3 Å². The number of nitrogens with zero attached hydrogens (tertiary/aromatic N) is 2. The zero-order chi connectivity index (χ0) is 32.6. The standard InChI is InChI=1S/C32H42N6O5S2/c1-5-29(32(41)34-17-22-11-12-22)33-18-26(16-27-19-44-20-35-27)37-31(40)25-13-24(14-28(15-25)38(3)45(4,42)43)30(39)36-21(2)23-9-7-6-8-10-23/h6-10,13-15,19-22,26,29,33H,5,11-12,16-18H2,1-4H3,(H,34,41)(H,36,39)(H,37,40)/t21-,26+,29+/m1/s1. The molecule has 242 valence electrons. The van der Waals surface area contributed by atoms with Crippen molar-refractivity contribution in [3.05, 3.63) is 81.8 Å². The Labute approximate surface area is 269 Å². The van der Waals surface area contributed by atoms with E-state index in [0.29, 0.717) is 31.8 Å². The molecule has 1 aromatic heterocycles. The Morgan fingerprint density at radius 1 is 1.04 bits per heavy atom. The topological polar surface area (TPSA) is 150 Å². The van der Waals surface area contributed by atoms with Crippen LogP contribution in [-0.4, -0.2) is 69.6 Å². The number of amides is 3. The molecular formula is C32H42N6O5S2. The highest BCUT2D eigenvalue weighted by atomic mass is 32.2. The van der Waals surface area contributed by atoms with Gasteiger partial charge in [0, 0.05) is 49.1 Å². The molecule has 0 spiro atoms. The number of anilines is 1. The van der Waals surface area contributed by atoms with Crippen LogP contribution in [0.3, 0.4) is 0 Å². The van der Waals surface area contributed by atoms with Gasteiger partial charge in [-0.05, 0) is 55.9 Å². The van der Waals surface area contributed by atoms with Crippen molar-refractivity contribution in [3.63, 3.8) is 0 Å². The Balaban J connectivity index is 1.55. The van der Waals surface area contributed by atoms with Gasteiger partial charge in [-0.3, -0.25) is 18.7 Å². The SMILES string of the molecule is CC[C@H](NC[C@H](Cc1cscn1)NC(=O)c1cc(C(=O)N[C@H](C)c2ccccc2)cc(N(C)S(C)(=O)=O)c1)C(=O)NCC1CC1. The van der Waals surface area contributed by atoms with Crippen LogP contribution in [0.4, 0.5) is 5.69 Å². The van der Waals surface area contributed by atoms with Crippen molar-refractivity contribution in [2.24, 2.45) is 5.92 Å². The molecule has 3 atom stereocenters. The van der Waals surface area contributed by atoms with Gasteiger partial charge >= 0.3 is 0 Å². The third-order valence-corrected chi connectivity index (χ3v) is 9.66. The first-order valence-electron chi connectivity index (χ1n) is 15.1. The van der Waals surface area contributed by atoms with Gasteiger partial charge in [0.1, 0.15) is 0 Å². The molecule has 2 aromatic carbocycles. The maximum Gasteiger partial charge on any atom is 0.251 e. The molecule has 0 saturated heterocycles. The molecule has 1 saturated carbocycles. The highest BCUT2D eigenvalue weighted by Gasteiger charge is 2.26. The first-order chi connectivity index (χ1) is 21.4. The van der Waals surface area contributed by atoms with E-state index in [1.54, 1.807) is 5.51 Å². The third kappa shape index (κ3) is 10.1. The van der Waals surface area contributed by atoms with Crippen molar-refractivity contribution in [1.82, 2.24) is 26.3 Å². The molecule has 13 heteroatoms. The van der Waals surface area contributed by atoms with Gasteiger partial charge in [0.25, 0.3) is 11.8 Å². The number of thiazole rings is 1. The fraction of sp³-hybridized carbons (Fsp3) is 0.438. The van der Waals surface area contributed by atoms with Crippen LogP contribution in [0.1, 0.15) is 71.1 Å². The molecule has 1 aliphatic carbocycles. The summed E-state index contributed by atoms with van der Waals surface area (Å²) in [5, 5.41) is 14.2. The van der Waals surface area contributed by atoms with Crippen molar-refractivity contribution in [2.45, 2.75) is 57.7 Å². The van der Waals surface area contributed by atoms with Crippen LogP contribution in [0, 0.1) is 5.92 Å². The number of hydrogen-bond donors (Lipinski definition) is 4. The number of carbonyl (C=O) groups is 3. The summed E-state index contributed by atoms with van der Waals surface area (Å²) in [5.41, 5.74) is 3.85. The largest absolute Gasteiger partial charge is 0.354 e. The Hall–Kier alpha value is -3.81. The summed E-state index contributed by atoms with van der Waals surface area (Å²) in [6.07, 6.45) is 4.32. The lowest BCUT2D eigenvalue weighted by Gasteiger charge is -2.24. The van der Waals surface area contributed by atoms with Crippen LogP contribution < -0.4 is 25.6 Å². The number of rotatable bonds is 16. The third-order valence-electron chi connectivity index (χ3n) is 7.82. The first-order valence-corrected chi connectivity index (χ1v) is 17.9. The molecule has 0 aliphatic heterocycles. The predicted molar refractivity (Wildman–Crippen MR) is 177 cm³/mol. The molecule has 1 aliphatic rings. The van der Waals surface area contributed by atoms with Crippen molar-refractivity contribution >= 4 is 44.8 Å². The lowest BCUT2D eigenvalue weighted by Crippen LogP contribution is -2.50. The minimum atomic E-state index is -3.68. The second-order valence-corrected chi connectivity index (χ2v) is 14.2. The lowest BCUT2D eigenvalue weighted by atomic mass is 10.0. The molecule has 0 radical (unpaired) electrons. The maximum absolute atomic E-state index is 13.7. The number of hydrogen-bond acceptors (Lipinski definition) is 8. The molecule has 1 fully saturated rings. The Bertz CT molecular complexity index is 1560. The normalized spacial score (nSPS) is 15.0. The Morgan fingerprint density at radius 3 is 2.29 bits per heavy atom. The first kappa shape index (κ1) is 34.1. The van der Waals surface area contributed by atoms with Gasteiger partial charge in [0.2, 0.25) is 15.9 Å². The van der Waals surface area contributed by atoms with Gasteiger partial charge in [0.15, 0.2) is 0 Å². The van der Waals surface area contributed by atoms with Gasteiger partial charge in [-0.1, -0.05) is 37.3 Å². The van der Waals surface area contributed by atoms with Crippen LogP contribution in [0.25, 0.3) is 0 Å². The smallest absolute Gasteiger partial charge is 0.251 e. The second kappa shape index (κ2) is 15.5. The van der Waals surface area contributed by atoms with Crippen molar-refractivity contribution in [1.29, 1.82) is 0 Å². The Kier molecular flexibility index (Phi) is 11.7. The maximum atomic E-state index is 13.7. The molecule has 3 amide bonds. The zero-order valence-corrected chi connectivity index (χ0v) is 27.7. The van der Waals surface area contributed by atoms with E-state index in [9.17, 15) is 22.8 Å². The van der Waals surface area contributed by atoms with E-state index in [-0.39, 0.29) is 28.8 Å². The van der Waals surface area contributed by atoms with E-state index in [1.807, 2.05) is 49.6 Å². The van der Waals surface area contributed by atoms with E-state index in [2.05, 4.69) is 26.3 Å². The van der Waals surface area contributed by atoms with Gasteiger partial charge in [-0.2, -0.15) is 0 Å². The van der Waals surface area contributed by atoms with Gasteiger partial charge < -0.3 is 21.3 Å². The summed E-state index contributed by atoms with van der Waals surface area (Å²) in [7, 11) is -2.32. The molecule has 1 heterocycles. The molecule has 0 unspecified atom stereocenters. The van der Waals surface area contributed by atoms with Crippen LogP contribution >= 0.6 is 11.3 Å². The Morgan fingerprint density at radius 2 is 1.71 bits per heavy atom. The van der Waals surface area contributed by atoms with Crippen molar-refractivity contribution < 1.29 is 22.8 Å². The highest BCUT2D eigenvalue weighted by molar-refractivity contribution is 7.92. The average molecular weight is 655 g/mol. The van der Waals surface area contributed by atoms with E-state index in [0.717, 1.165) is 34.7 Å².